The molecule has 0 bridgehead atoms. The van der Waals surface area contributed by atoms with Gasteiger partial charge in [0.15, 0.2) is 0 Å². The summed E-state index contributed by atoms with van der Waals surface area (Å²) in [6, 6.07) is 4.70. The fraction of sp³-hybridized carbons (Fsp3) is 0.467. The van der Waals surface area contributed by atoms with E-state index < -0.39 is 5.91 Å². The molecule has 110 valence electrons. The van der Waals surface area contributed by atoms with Gasteiger partial charge in [-0.1, -0.05) is 19.1 Å². The van der Waals surface area contributed by atoms with Crippen molar-refractivity contribution in [2.45, 2.75) is 32.7 Å². The second-order valence-corrected chi connectivity index (χ2v) is 5.27. The SMILES string of the molecule is Cc1cc(C2CCC(C)CN2C(=O)[C-]=O)ccc1F.[Li+].[OH-]. The van der Waals surface area contributed by atoms with Crippen LogP contribution in [0.2, 0.25) is 0 Å². The number of hydrogen-bond acceptors (Lipinski definition) is 3. The number of hydrogen-bond donors (Lipinski definition) is 0. The Morgan fingerprint density at radius 3 is 2.62 bits per heavy atom. The van der Waals surface area contributed by atoms with E-state index in [2.05, 4.69) is 6.92 Å². The molecule has 0 aromatic heterocycles. The van der Waals surface area contributed by atoms with Crippen molar-refractivity contribution < 1.29 is 38.3 Å². The largest absolute Gasteiger partial charge is 1.00 e. The number of carbonyl (C=O) groups excluding carboxylic acids is 2. The topological polar surface area (TPSA) is 67.4 Å². The summed E-state index contributed by atoms with van der Waals surface area (Å²) < 4.78 is 13.3. The first-order valence-electron chi connectivity index (χ1n) is 6.47. The van der Waals surface area contributed by atoms with Gasteiger partial charge in [0.25, 0.3) is 0 Å². The van der Waals surface area contributed by atoms with Crippen LogP contribution in [0.5, 0.6) is 0 Å². The molecular weight excluding hydrogens is 268 g/mol. The van der Waals surface area contributed by atoms with Crippen molar-refractivity contribution in [3.63, 3.8) is 0 Å². The zero-order valence-electron chi connectivity index (χ0n) is 12.6. The third-order valence-corrected chi connectivity index (χ3v) is 3.73. The Morgan fingerprint density at radius 1 is 1.38 bits per heavy atom. The number of aryl methyl sites for hydroxylation is 1. The summed E-state index contributed by atoms with van der Waals surface area (Å²) in [6.07, 6.45) is 3.23. The minimum Gasteiger partial charge on any atom is -0.870 e. The normalized spacial score (nSPS) is 21.0. The summed E-state index contributed by atoms with van der Waals surface area (Å²) in [4.78, 5) is 23.9. The van der Waals surface area contributed by atoms with Gasteiger partial charge < -0.3 is 20.0 Å². The van der Waals surface area contributed by atoms with Crippen molar-refractivity contribution in [3.05, 3.63) is 35.1 Å². The Labute approximate surface area is 136 Å². The van der Waals surface area contributed by atoms with Crippen LogP contribution < -0.4 is 18.9 Å². The molecule has 0 aliphatic carbocycles. The van der Waals surface area contributed by atoms with E-state index in [0.717, 1.165) is 18.4 Å². The molecule has 0 saturated carbocycles. The number of halogens is 1. The van der Waals surface area contributed by atoms with Crippen LogP contribution in [0.4, 0.5) is 4.39 Å². The molecular formula is C15H18FLiNO3-. The molecule has 2 atom stereocenters. The average Bonchev–Trinajstić information content (AvgIpc) is 2.41. The maximum absolute atomic E-state index is 13.3. The molecule has 21 heavy (non-hydrogen) atoms. The summed E-state index contributed by atoms with van der Waals surface area (Å²) in [5.41, 5.74) is 1.44. The van der Waals surface area contributed by atoms with Crippen LogP contribution in [0.25, 0.3) is 0 Å². The van der Waals surface area contributed by atoms with Gasteiger partial charge in [-0.3, -0.25) is 0 Å². The molecule has 6 heteroatoms. The Kier molecular flexibility index (Phi) is 7.87. The van der Waals surface area contributed by atoms with E-state index in [1.54, 1.807) is 24.0 Å². The third-order valence-electron chi connectivity index (χ3n) is 3.73. The summed E-state index contributed by atoms with van der Waals surface area (Å²) in [5.74, 6) is -0.499. The standard InChI is InChI=1S/C15H17FNO2.Li.H2O/c1-10-3-6-14(17(8-10)15(19)9-18)12-4-5-13(16)11(2)7-12;;/h4-5,7,10,14H,3,6,8H2,1-2H3;;1H2/q-1;+1;/p-1. The van der Waals surface area contributed by atoms with Gasteiger partial charge in [0.1, 0.15) is 11.7 Å². The summed E-state index contributed by atoms with van der Waals surface area (Å²) in [5, 5.41) is 0. The fourth-order valence-electron chi connectivity index (χ4n) is 2.66. The van der Waals surface area contributed by atoms with Crippen molar-refractivity contribution in [3.8, 4) is 0 Å². The molecule has 0 radical (unpaired) electrons. The Morgan fingerprint density at radius 2 is 2.05 bits per heavy atom. The van der Waals surface area contributed by atoms with E-state index in [0.29, 0.717) is 18.0 Å². The first-order valence-corrected chi connectivity index (χ1v) is 6.47. The molecule has 1 aromatic carbocycles. The van der Waals surface area contributed by atoms with E-state index in [1.807, 2.05) is 0 Å². The Hall–Kier alpha value is -1.15. The molecule has 1 amide bonds. The van der Waals surface area contributed by atoms with Gasteiger partial charge in [0.2, 0.25) is 0 Å². The van der Waals surface area contributed by atoms with E-state index in [1.165, 1.54) is 12.4 Å². The first-order chi connectivity index (χ1) is 9.02. The Bertz CT molecular complexity index is 510. The molecule has 0 spiro atoms. The van der Waals surface area contributed by atoms with Crippen LogP contribution in [0, 0.1) is 18.7 Å². The third kappa shape index (κ3) is 4.41. The molecule has 1 aliphatic heterocycles. The molecule has 4 nitrogen and oxygen atoms in total. The number of carbonyl (C=O) groups is 1. The number of amides is 1. The van der Waals surface area contributed by atoms with Gasteiger partial charge in [0.05, 0.1) is 6.04 Å². The molecule has 2 unspecified atom stereocenters. The van der Waals surface area contributed by atoms with Crippen LogP contribution in [0.1, 0.15) is 36.9 Å². The van der Waals surface area contributed by atoms with Crippen LogP contribution in [0.3, 0.4) is 0 Å². The molecule has 1 heterocycles. The van der Waals surface area contributed by atoms with E-state index in [-0.39, 0.29) is 36.2 Å². The monoisotopic (exact) mass is 286 g/mol. The van der Waals surface area contributed by atoms with Crippen LogP contribution in [0.15, 0.2) is 18.2 Å². The quantitative estimate of drug-likeness (QED) is 0.413. The van der Waals surface area contributed by atoms with Crippen molar-refractivity contribution in [2.75, 3.05) is 6.54 Å². The zero-order valence-corrected chi connectivity index (χ0v) is 12.6. The minimum absolute atomic E-state index is 0. The molecule has 1 N–H and O–H groups in total. The number of benzene rings is 1. The zero-order chi connectivity index (χ0) is 14.0. The predicted molar refractivity (Wildman–Crippen MR) is 71.6 cm³/mol. The molecule has 1 saturated heterocycles. The first kappa shape index (κ1) is 19.8. The van der Waals surface area contributed by atoms with Gasteiger partial charge in [-0.25, -0.2) is 4.39 Å². The van der Waals surface area contributed by atoms with Crippen molar-refractivity contribution in [2.24, 2.45) is 5.92 Å². The maximum atomic E-state index is 13.3. The molecule has 1 aromatic rings. The molecule has 1 fully saturated rings. The van der Waals surface area contributed by atoms with E-state index in [4.69, 9.17) is 0 Å². The van der Waals surface area contributed by atoms with E-state index in [9.17, 15) is 14.0 Å². The van der Waals surface area contributed by atoms with Crippen molar-refractivity contribution >= 4 is 12.2 Å². The summed E-state index contributed by atoms with van der Waals surface area (Å²) in [7, 11) is 0. The Balaban J connectivity index is 0.00000200. The number of likely N-dealkylation sites (tertiary alicyclic amines) is 1. The van der Waals surface area contributed by atoms with Crippen LogP contribution in [-0.4, -0.2) is 29.1 Å². The maximum Gasteiger partial charge on any atom is 1.00 e. The van der Waals surface area contributed by atoms with Gasteiger partial charge in [-0.05, 0) is 42.9 Å². The van der Waals surface area contributed by atoms with Crippen LogP contribution >= 0.6 is 0 Å². The minimum atomic E-state index is -0.612. The van der Waals surface area contributed by atoms with E-state index >= 15 is 0 Å². The van der Waals surface area contributed by atoms with Gasteiger partial charge in [-0.15, -0.1) is 0 Å². The van der Waals surface area contributed by atoms with Crippen LogP contribution in [-0.2, 0) is 9.59 Å². The average molecular weight is 286 g/mol. The van der Waals surface area contributed by atoms with Gasteiger partial charge in [0, 0.05) is 6.54 Å². The predicted octanol–water partition coefficient (Wildman–Crippen LogP) is -0.629. The summed E-state index contributed by atoms with van der Waals surface area (Å²) >= 11 is 0. The number of nitrogens with zero attached hydrogens (tertiary/aromatic N) is 1. The summed E-state index contributed by atoms with van der Waals surface area (Å²) in [6.45, 7) is 4.30. The second-order valence-electron chi connectivity index (χ2n) is 5.27. The van der Waals surface area contributed by atoms with Gasteiger partial charge in [-0.2, -0.15) is 6.29 Å². The molecule has 1 aliphatic rings. The van der Waals surface area contributed by atoms with Crippen molar-refractivity contribution in [1.29, 1.82) is 0 Å². The van der Waals surface area contributed by atoms with Crippen molar-refractivity contribution in [1.82, 2.24) is 4.90 Å². The second kappa shape index (κ2) is 8.33. The number of rotatable bonds is 2. The number of piperidine rings is 1. The van der Waals surface area contributed by atoms with Gasteiger partial charge >= 0.3 is 18.9 Å². The fourth-order valence-corrected chi connectivity index (χ4v) is 2.66. The smallest absolute Gasteiger partial charge is 0.870 e. The molecule has 2 rings (SSSR count).